The molecule has 3 fully saturated rings. The fraction of sp³-hybridized carbons (Fsp3) is 0.564. The molecule has 54 heavy (non-hydrogen) atoms. The van der Waals surface area contributed by atoms with Crippen LogP contribution < -0.4 is 14.2 Å². The first-order valence-electron chi connectivity index (χ1n) is 18.4. The van der Waals surface area contributed by atoms with Crippen molar-refractivity contribution in [3.05, 3.63) is 63.4 Å². The molecule has 15 heteroatoms. The lowest BCUT2D eigenvalue weighted by Gasteiger charge is -2.45. The van der Waals surface area contributed by atoms with Crippen LogP contribution in [0.25, 0.3) is 0 Å². The third-order valence-corrected chi connectivity index (χ3v) is 12.3. The number of aromatic nitrogens is 3. The van der Waals surface area contributed by atoms with Crippen LogP contribution in [0.4, 0.5) is 8.78 Å². The zero-order valence-corrected chi connectivity index (χ0v) is 31.8. The number of carbonyl (C=O) groups excluding carboxylic acids is 3. The predicted octanol–water partition coefficient (Wildman–Crippen LogP) is 6.38. The van der Waals surface area contributed by atoms with Crippen molar-refractivity contribution in [3.63, 3.8) is 0 Å². The van der Waals surface area contributed by atoms with Gasteiger partial charge in [-0.2, -0.15) is 0 Å². The van der Waals surface area contributed by atoms with E-state index < -0.39 is 29.8 Å². The smallest absolute Gasteiger partial charge is 0.312 e. The molecule has 1 saturated heterocycles. The molecule has 2 saturated carbocycles. The number of ether oxygens (including phenoxy) is 4. The molecule has 0 radical (unpaired) electrons. The molecule has 1 spiro atoms. The van der Waals surface area contributed by atoms with Gasteiger partial charge in [0, 0.05) is 55.3 Å². The third-order valence-electron chi connectivity index (χ3n) is 12.0. The third kappa shape index (κ3) is 7.09. The number of hydrogen-bond acceptors (Lipinski definition) is 9. The number of alkyl halides is 2. The van der Waals surface area contributed by atoms with Crippen molar-refractivity contribution >= 4 is 29.4 Å². The number of methoxy groups -OCH3 is 2. The topological polar surface area (TPSA) is 125 Å². The molecule has 290 valence electrons. The van der Waals surface area contributed by atoms with Crippen LogP contribution in [0.1, 0.15) is 92.4 Å². The Labute approximate surface area is 318 Å². The molecule has 3 aromatic rings. The lowest BCUT2D eigenvalue weighted by molar-refractivity contribution is -0.169. The average molecular weight is 770 g/mol. The summed E-state index contributed by atoms with van der Waals surface area (Å²) in [5.41, 5.74) is 0.559. The van der Waals surface area contributed by atoms with Gasteiger partial charge in [-0.25, -0.2) is 13.5 Å². The summed E-state index contributed by atoms with van der Waals surface area (Å²) in [7, 11) is 4.48. The maximum Gasteiger partial charge on any atom is 0.312 e. The van der Waals surface area contributed by atoms with Crippen molar-refractivity contribution in [2.75, 3.05) is 33.9 Å². The van der Waals surface area contributed by atoms with Crippen molar-refractivity contribution in [2.24, 2.45) is 23.8 Å². The Hall–Kier alpha value is -4.46. The Morgan fingerprint density at radius 3 is 2.56 bits per heavy atom. The molecule has 12 nitrogen and oxygen atoms in total. The normalized spacial score (nSPS) is 23.1. The summed E-state index contributed by atoms with van der Waals surface area (Å²) in [6.45, 7) is 2.57. The summed E-state index contributed by atoms with van der Waals surface area (Å²) in [5, 5.41) is 8.16. The fourth-order valence-corrected chi connectivity index (χ4v) is 8.86. The van der Waals surface area contributed by atoms with Crippen LogP contribution in [-0.4, -0.2) is 76.4 Å². The van der Waals surface area contributed by atoms with Crippen LogP contribution in [0.2, 0.25) is 5.02 Å². The Bertz CT molecular complexity index is 1940. The number of benzene rings is 2. The van der Waals surface area contributed by atoms with Gasteiger partial charge in [0.05, 0.1) is 31.6 Å². The first-order chi connectivity index (χ1) is 25.9. The van der Waals surface area contributed by atoms with Crippen LogP contribution in [0.15, 0.2) is 30.3 Å². The number of carbonyl (C=O) groups is 3. The number of nitrogens with zero attached hydrogens (tertiary/aromatic N) is 5. The molecule has 2 aromatic carbocycles. The summed E-state index contributed by atoms with van der Waals surface area (Å²) in [4.78, 5) is 46.1. The predicted molar refractivity (Wildman–Crippen MR) is 192 cm³/mol. The number of aryl methyl sites for hydroxylation is 1. The number of amides is 2. The maximum absolute atomic E-state index is 15.0. The van der Waals surface area contributed by atoms with Crippen LogP contribution in [0.5, 0.6) is 17.2 Å². The van der Waals surface area contributed by atoms with E-state index in [2.05, 4.69) is 10.3 Å². The standard InChI is InChI=1S/C39H46ClF2N5O7/c1-38(37(50)54-20-23-8-9-24(51-3)17-31(23)52-4)13-6-5-7-26(38)36(49)47-16-12-25-27(40)10-11-30(53-21-28-34(35(41)42)45(2)44-43-28)33(25)29(47)19-46-22-39(14-15-39)18-32(46)48/h8-11,17,26,29,35H,5-7,12-16,18-22H2,1-4H3/t26-,29+,38-/m0/s1. The number of hydrogen-bond donors (Lipinski definition) is 0. The first-order valence-corrected chi connectivity index (χ1v) is 18.8. The summed E-state index contributed by atoms with van der Waals surface area (Å²) < 4.78 is 51.8. The number of esters is 1. The van der Waals surface area contributed by atoms with Gasteiger partial charge in [0.25, 0.3) is 6.43 Å². The van der Waals surface area contributed by atoms with Gasteiger partial charge in [0.2, 0.25) is 11.8 Å². The van der Waals surface area contributed by atoms with Crippen molar-refractivity contribution < 1.29 is 42.1 Å². The van der Waals surface area contributed by atoms with Crippen LogP contribution in [-0.2, 0) is 45.8 Å². The fourth-order valence-electron chi connectivity index (χ4n) is 8.60. The van der Waals surface area contributed by atoms with Gasteiger partial charge in [-0.1, -0.05) is 29.7 Å². The summed E-state index contributed by atoms with van der Waals surface area (Å²) in [6.07, 6.45) is 2.48. The first kappa shape index (κ1) is 37.8. The van der Waals surface area contributed by atoms with Crippen molar-refractivity contribution in [2.45, 2.75) is 84.0 Å². The second-order valence-electron chi connectivity index (χ2n) is 15.3. The molecular formula is C39H46ClF2N5O7. The molecule has 0 N–H and O–H groups in total. The minimum atomic E-state index is -2.81. The second kappa shape index (κ2) is 15.0. The van der Waals surface area contributed by atoms with Crippen molar-refractivity contribution in [1.82, 2.24) is 24.8 Å². The summed E-state index contributed by atoms with van der Waals surface area (Å²) in [6, 6.07) is 7.96. The van der Waals surface area contributed by atoms with Gasteiger partial charge in [0.15, 0.2) is 0 Å². The minimum absolute atomic E-state index is 0.00867. The van der Waals surface area contributed by atoms with Crippen molar-refractivity contribution in [3.8, 4) is 17.2 Å². The van der Waals surface area contributed by atoms with Gasteiger partial charge in [0.1, 0.15) is 41.9 Å². The van der Waals surface area contributed by atoms with E-state index in [1.807, 2.05) is 11.8 Å². The highest BCUT2D eigenvalue weighted by molar-refractivity contribution is 6.31. The lowest BCUT2D eigenvalue weighted by atomic mass is 9.66. The number of fused-ring (bicyclic) bond motifs is 1. The molecule has 2 amide bonds. The number of rotatable bonds is 12. The monoisotopic (exact) mass is 769 g/mol. The van der Waals surface area contributed by atoms with Gasteiger partial charge >= 0.3 is 5.97 Å². The number of halogens is 3. The zero-order valence-electron chi connectivity index (χ0n) is 31.0. The van der Waals surface area contributed by atoms with E-state index in [9.17, 15) is 18.4 Å². The highest BCUT2D eigenvalue weighted by Gasteiger charge is 2.54. The van der Waals surface area contributed by atoms with Crippen molar-refractivity contribution in [1.29, 1.82) is 0 Å². The van der Waals surface area contributed by atoms with E-state index in [0.29, 0.717) is 72.2 Å². The lowest BCUT2D eigenvalue weighted by Crippen LogP contribution is -2.53. The molecule has 3 heterocycles. The molecule has 4 aliphatic rings. The van der Waals surface area contributed by atoms with Crippen LogP contribution >= 0.6 is 11.6 Å². The second-order valence-corrected chi connectivity index (χ2v) is 15.7. The molecular weight excluding hydrogens is 724 g/mol. The molecule has 1 aromatic heterocycles. The van der Waals surface area contributed by atoms with E-state index in [0.717, 1.165) is 35.9 Å². The summed E-state index contributed by atoms with van der Waals surface area (Å²) in [5.74, 6) is 0.134. The largest absolute Gasteiger partial charge is 0.497 e. The highest BCUT2D eigenvalue weighted by Crippen LogP contribution is 2.54. The Balaban J connectivity index is 1.19. The molecule has 7 rings (SSSR count). The zero-order chi connectivity index (χ0) is 38.4. The van der Waals surface area contributed by atoms with E-state index in [1.165, 1.54) is 14.2 Å². The van der Waals surface area contributed by atoms with Gasteiger partial charge in [-0.15, -0.1) is 5.10 Å². The van der Waals surface area contributed by atoms with E-state index in [1.54, 1.807) is 42.3 Å². The minimum Gasteiger partial charge on any atom is -0.497 e. The Morgan fingerprint density at radius 1 is 1.06 bits per heavy atom. The molecule has 0 bridgehead atoms. The Morgan fingerprint density at radius 2 is 1.85 bits per heavy atom. The van der Waals surface area contributed by atoms with Gasteiger partial charge in [-0.3, -0.25) is 14.4 Å². The Kier molecular flexibility index (Phi) is 10.5. The maximum atomic E-state index is 15.0. The van der Waals surface area contributed by atoms with E-state index >= 15 is 4.79 Å². The van der Waals surface area contributed by atoms with Gasteiger partial charge < -0.3 is 28.7 Å². The quantitative estimate of drug-likeness (QED) is 0.193. The van der Waals surface area contributed by atoms with E-state index in [-0.39, 0.29) is 48.4 Å². The molecule has 2 aliphatic heterocycles. The molecule has 3 atom stereocenters. The van der Waals surface area contributed by atoms with Gasteiger partial charge in [-0.05, 0) is 74.3 Å². The number of likely N-dealkylation sites (tertiary alicyclic amines) is 1. The highest BCUT2D eigenvalue weighted by atomic mass is 35.5. The van der Waals surface area contributed by atoms with Crippen LogP contribution in [0, 0.1) is 16.7 Å². The molecule has 0 unspecified atom stereocenters. The average Bonchev–Trinajstić information content (AvgIpc) is 3.70. The van der Waals surface area contributed by atoms with Crippen LogP contribution in [0.3, 0.4) is 0 Å². The van der Waals surface area contributed by atoms with E-state index in [4.69, 9.17) is 30.5 Å². The SMILES string of the molecule is COc1ccc(COC(=O)[C@@]2(C)CCCC[C@H]2C(=O)N2CCc3c(Cl)ccc(OCc4nnn(C)c4C(F)F)c3[C@H]2CN2CC3(CC3)CC2=O)c(OC)c1. The molecule has 2 aliphatic carbocycles. The summed E-state index contributed by atoms with van der Waals surface area (Å²) >= 11 is 6.81.